The average Bonchev–Trinajstić information content (AvgIpc) is 2.66. The number of nitrogens with zero attached hydrogens (tertiary/aromatic N) is 2. The van der Waals surface area contributed by atoms with Gasteiger partial charge in [0.05, 0.1) is 26.0 Å². The van der Waals surface area contributed by atoms with E-state index in [2.05, 4.69) is 10.4 Å². The Balaban J connectivity index is 2.14. The molecule has 0 radical (unpaired) electrons. The fourth-order valence-electron chi connectivity index (χ4n) is 1.24. The average molecular weight is 213 g/mol. The van der Waals surface area contributed by atoms with Gasteiger partial charge in [0.15, 0.2) is 0 Å². The number of hydrogen-bond donors (Lipinski definition) is 2. The number of aliphatic hydroxyl groups excluding tert-OH is 1. The van der Waals surface area contributed by atoms with Crippen molar-refractivity contribution >= 4 is 0 Å². The van der Waals surface area contributed by atoms with Gasteiger partial charge in [-0.3, -0.25) is 4.68 Å². The number of rotatable bonds is 8. The first-order chi connectivity index (χ1) is 7.36. The number of aromatic nitrogens is 2. The number of ether oxygens (including phenoxy) is 1. The highest BCUT2D eigenvalue weighted by atomic mass is 16.5. The van der Waals surface area contributed by atoms with E-state index in [4.69, 9.17) is 9.84 Å². The minimum Gasteiger partial charge on any atom is -0.394 e. The maximum absolute atomic E-state index is 8.71. The van der Waals surface area contributed by atoms with Gasteiger partial charge in [-0.25, -0.2) is 0 Å². The molecule has 5 heteroatoms. The summed E-state index contributed by atoms with van der Waals surface area (Å²) in [6, 6.07) is 0. The quantitative estimate of drug-likeness (QED) is 0.597. The zero-order chi connectivity index (χ0) is 10.9. The van der Waals surface area contributed by atoms with Crippen molar-refractivity contribution in [1.82, 2.24) is 15.1 Å². The van der Waals surface area contributed by atoms with Crippen LogP contribution in [0.2, 0.25) is 0 Å². The van der Waals surface area contributed by atoms with Crippen molar-refractivity contribution in [3.05, 3.63) is 18.0 Å². The predicted molar refractivity (Wildman–Crippen MR) is 57.5 cm³/mol. The molecular formula is C10H19N3O2. The fourth-order valence-corrected chi connectivity index (χ4v) is 1.24. The molecular weight excluding hydrogens is 194 g/mol. The van der Waals surface area contributed by atoms with Crippen LogP contribution in [0, 0.1) is 0 Å². The van der Waals surface area contributed by atoms with Crippen LogP contribution in [0.15, 0.2) is 12.4 Å². The molecule has 86 valence electrons. The van der Waals surface area contributed by atoms with Gasteiger partial charge >= 0.3 is 0 Å². The van der Waals surface area contributed by atoms with Crippen LogP contribution in [0.1, 0.15) is 12.5 Å². The van der Waals surface area contributed by atoms with Crippen molar-refractivity contribution in [2.45, 2.75) is 20.0 Å². The fraction of sp³-hybridized carbons (Fsp3) is 0.700. The van der Waals surface area contributed by atoms with E-state index in [0.29, 0.717) is 6.54 Å². The lowest BCUT2D eigenvalue weighted by Crippen LogP contribution is -2.18. The monoisotopic (exact) mass is 213 g/mol. The Kier molecular flexibility index (Phi) is 5.99. The lowest BCUT2D eigenvalue weighted by Gasteiger charge is -2.02. The van der Waals surface area contributed by atoms with Gasteiger partial charge in [0.25, 0.3) is 0 Å². The van der Waals surface area contributed by atoms with Gasteiger partial charge in [0.1, 0.15) is 0 Å². The van der Waals surface area contributed by atoms with Crippen LogP contribution >= 0.6 is 0 Å². The topological polar surface area (TPSA) is 59.3 Å². The van der Waals surface area contributed by atoms with Gasteiger partial charge in [0, 0.05) is 31.5 Å². The predicted octanol–water partition coefficient (Wildman–Crippen LogP) is 0.00150. The van der Waals surface area contributed by atoms with E-state index in [0.717, 1.165) is 31.9 Å². The smallest absolute Gasteiger partial charge is 0.0640 e. The second-order valence-electron chi connectivity index (χ2n) is 3.21. The Hall–Kier alpha value is -0.910. The first kappa shape index (κ1) is 12.2. The summed E-state index contributed by atoms with van der Waals surface area (Å²) in [7, 11) is 0. The molecule has 15 heavy (non-hydrogen) atoms. The Morgan fingerprint density at radius 1 is 1.60 bits per heavy atom. The third kappa shape index (κ3) is 4.92. The van der Waals surface area contributed by atoms with Crippen LogP contribution in [0.25, 0.3) is 0 Å². The van der Waals surface area contributed by atoms with Gasteiger partial charge in [-0.2, -0.15) is 5.10 Å². The molecule has 0 saturated carbocycles. The van der Waals surface area contributed by atoms with E-state index in [1.807, 2.05) is 19.3 Å². The van der Waals surface area contributed by atoms with Crippen molar-refractivity contribution in [1.29, 1.82) is 0 Å². The summed E-state index contributed by atoms with van der Waals surface area (Å²) in [6.07, 6.45) is 3.74. The Labute approximate surface area is 90.1 Å². The van der Waals surface area contributed by atoms with E-state index in [1.165, 1.54) is 0 Å². The zero-order valence-electron chi connectivity index (χ0n) is 9.15. The van der Waals surface area contributed by atoms with Crippen molar-refractivity contribution in [3.63, 3.8) is 0 Å². The molecule has 0 aromatic carbocycles. The van der Waals surface area contributed by atoms with Gasteiger partial charge < -0.3 is 15.2 Å². The van der Waals surface area contributed by atoms with E-state index < -0.39 is 0 Å². The number of aliphatic hydroxyl groups is 1. The maximum atomic E-state index is 8.71. The number of nitrogens with one attached hydrogen (secondary N) is 1. The molecule has 0 amide bonds. The first-order valence-corrected chi connectivity index (χ1v) is 5.27. The minimum absolute atomic E-state index is 0.124. The van der Waals surface area contributed by atoms with E-state index in [-0.39, 0.29) is 6.61 Å². The number of hydrogen-bond acceptors (Lipinski definition) is 4. The van der Waals surface area contributed by atoms with Crippen LogP contribution in [-0.2, 0) is 17.8 Å². The molecule has 0 aliphatic carbocycles. The first-order valence-electron chi connectivity index (χ1n) is 5.27. The largest absolute Gasteiger partial charge is 0.394 e. The molecule has 0 unspecified atom stereocenters. The third-order valence-electron chi connectivity index (χ3n) is 1.97. The summed E-state index contributed by atoms with van der Waals surface area (Å²) < 4.78 is 6.93. The molecule has 0 spiro atoms. The van der Waals surface area contributed by atoms with Gasteiger partial charge in [0.2, 0.25) is 0 Å². The molecule has 1 rings (SSSR count). The highest BCUT2D eigenvalue weighted by Crippen LogP contribution is 1.96. The van der Waals surface area contributed by atoms with Crippen molar-refractivity contribution in [2.24, 2.45) is 0 Å². The molecule has 1 aromatic rings. The lowest BCUT2D eigenvalue weighted by molar-refractivity contribution is 0.149. The highest BCUT2D eigenvalue weighted by molar-refractivity contribution is 5.03. The molecule has 0 atom stereocenters. The molecule has 0 fully saturated rings. The summed E-state index contributed by atoms with van der Waals surface area (Å²) >= 11 is 0. The SMILES string of the molecule is CCOCCNCc1cnn(CCO)c1. The highest BCUT2D eigenvalue weighted by Gasteiger charge is 1.97. The summed E-state index contributed by atoms with van der Waals surface area (Å²) in [5.74, 6) is 0. The normalized spacial score (nSPS) is 10.8. The van der Waals surface area contributed by atoms with Gasteiger partial charge in [-0.1, -0.05) is 0 Å². The van der Waals surface area contributed by atoms with Crippen molar-refractivity contribution in [3.8, 4) is 0 Å². The van der Waals surface area contributed by atoms with Crippen LogP contribution in [0.3, 0.4) is 0 Å². The summed E-state index contributed by atoms with van der Waals surface area (Å²) in [5.41, 5.74) is 1.12. The second-order valence-corrected chi connectivity index (χ2v) is 3.21. The Morgan fingerprint density at radius 3 is 3.20 bits per heavy atom. The van der Waals surface area contributed by atoms with Crippen LogP contribution in [0.5, 0.6) is 0 Å². The van der Waals surface area contributed by atoms with Crippen molar-refractivity contribution in [2.75, 3.05) is 26.4 Å². The summed E-state index contributed by atoms with van der Waals surface area (Å²) in [4.78, 5) is 0. The lowest BCUT2D eigenvalue weighted by atomic mass is 10.3. The van der Waals surface area contributed by atoms with Crippen LogP contribution < -0.4 is 5.32 Å². The Morgan fingerprint density at radius 2 is 2.47 bits per heavy atom. The maximum Gasteiger partial charge on any atom is 0.0640 e. The van der Waals surface area contributed by atoms with Gasteiger partial charge in [-0.15, -0.1) is 0 Å². The standard InChI is InChI=1S/C10H19N3O2/c1-2-15-6-3-11-7-10-8-12-13(9-10)4-5-14/h8-9,11,14H,2-7H2,1H3. The van der Waals surface area contributed by atoms with E-state index in [1.54, 1.807) is 4.68 Å². The molecule has 1 heterocycles. The second kappa shape index (κ2) is 7.39. The van der Waals surface area contributed by atoms with Gasteiger partial charge in [-0.05, 0) is 6.92 Å². The van der Waals surface area contributed by atoms with E-state index >= 15 is 0 Å². The molecule has 0 aliphatic rings. The minimum atomic E-state index is 0.124. The molecule has 5 nitrogen and oxygen atoms in total. The Bertz CT molecular complexity index is 263. The molecule has 1 aromatic heterocycles. The van der Waals surface area contributed by atoms with Crippen molar-refractivity contribution < 1.29 is 9.84 Å². The molecule has 0 bridgehead atoms. The summed E-state index contributed by atoms with van der Waals surface area (Å²) in [5, 5.41) is 16.1. The third-order valence-corrected chi connectivity index (χ3v) is 1.97. The zero-order valence-corrected chi connectivity index (χ0v) is 9.15. The molecule has 2 N–H and O–H groups in total. The van der Waals surface area contributed by atoms with Crippen LogP contribution in [0.4, 0.5) is 0 Å². The molecule has 0 aliphatic heterocycles. The summed E-state index contributed by atoms with van der Waals surface area (Å²) in [6.45, 7) is 5.80. The van der Waals surface area contributed by atoms with Crippen LogP contribution in [-0.4, -0.2) is 41.3 Å². The van der Waals surface area contributed by atoms with E-state index in [9.17, 15) is 0 Å². The molecule has 0 saturated heterocycles.